The van der Waals surface area contributed by atoms with Gasteiger partial charge in [0.25, 0.3) is 5.91 Å². The smallest absolute Gasteiger partial charge is 0.253 e. The maximum atomic E-state index is 12.9. The Morgan fingerprint density at radius 1 is 1.07 bits per heavy atom. The molecule has 2 N–H and O–H groups in total. The first-order chi connectivity index (χ1) is 13.2. The lowest BCUT2D eigenvalue weighted by molar-refractivity contribution is 0.0935. The monoisotopic (exact) mass is 362 g/mol. The summed E-state index contributed by atoms with van der Waals surface area (Å²) in [6, 6.07) is 11.6. The van der Waals surface area contributed by atoms with Crippen molar-refractivity contribution in [2.45, 2.75) is 38.3 Å². The van der Waals surface area contributed by atoms with E-state index in [1.165, 1.54) is 4.80 Å². The Bertz CT molecular complexity index is 906. The first-order valence-corrected chi connectivity index (χ1v) is 9.16. The van der Waals surface area contributed by atoms with Crippen LogP contribution in [0.15, 0.2) is 55.0 Å². The zero-order valence-corrected chi connectivity index (χ0v) is 15.2. The third-order valence-electron chi connectivity index (χ3n) is 4.86. The number of amides is 1. The zero-order chi connectivity index (χ0) is 18.6. The fraction of sp³-hybridized carbons (Fsp3) is 0.300. The quantitative estimate of drug-likeness (QED) is 0.729. The van der Waals surface area contributed by atoms with E-state index in [0.717, 1.165) is 30.6 Å². The highest BCUT2D eigenvalue weighted by Gasteiger charge is 2.29. The molecule has 7 heteroatoms. The fourth-order valence-electron chi connectivity index (χ4n) is 3.48. The second-order valence-corrected chi connectivity index (χ2v) is 6.82. The molecular weight excluding hydrogens is 340 g/mol. The van der Waals surface area contributed by atoms with Crippen molar-refractivity contribution in [3.8, 4) is 5.69 Å². The summed E-state index contributed by atoms with van der Waals surface area (Å²) < 4.78 is 0. The maximum Gasteiger partial charge on any atom is 0.253 e. The SMILES string of the molecule is Cc1ccc(N[C@H]2CCC[C@@H]2NC(=O)c2ccccc2-n2nccn2)nc1. The summed E-state index contributed by atoms with van der Waals surface area (Å²) in [5.74, 6) is 0.728. The van der Waals surface area contributed by atoms with Crippen LogP contribution in [-0.2, 0) is 0 Å². The van der Waals surface area contributed by atoms with Crippen molar-refractivity contribution in [1.82, 2.24) is 25.3 Å². The van der Waals surface area contributed by atoms with Gasteiger partial charge in [0.1, 0.15) is 5.82 Å². The minimum absolute atomic E-state index is 0.0549. The van der Waals surface area contributed by atoms with Crippen LogP contribution in [0.25, 0.3) is 5.69 Å². The van der Waals surface area contributed by atoms with Crippen molar-refractivity contribution >= 4 is 11.7 Å². The van der Waals surface area contributed by atoms with Gasteiger partial charge in [-0.2, -0.15) is 15.0 Å². The van der Waals surface area contributed by atoms with Crippen molar-refractivity contribution < 1.29 is 4.79 Å². The molecule has 1 aromatic carbocycles. The molecule has 1 fully saturated rings. The van der Waals surface area contributed by atoms with Gasteiger partial charge in [-0.3, -0.25) is 4.79 Å². The van der Waals surface area contributed by atoms with Crippen LogP contribution in [0.3, 0.4) is 0 Å². The van der Waals surface area contributed by atoms with E-state index >= 15 is 0 Å². The summed E-state index contributed by atoms with van der Waals surface area (Å²) >= 11 is 0. The third-order valence-corrected chi connectivity index (χ3v) is 4.86. The van der Waals surface area contributed by atoms with Crippen LogP contribution in [0.1, 0.15) is 35.2 Å². The molecule has 0 unspecified atom stereocenters. The lowest BCUT2D eigenvalue weighted by Crippen LogP contribution is -2.43. The van der Waals surface area contributed by atoms with Crippen LogP contribution in [0.4, 0.5) is 5.82 Å². The molecule has 0 spiro atoms. The van der Waals surface area contributed by atoms with Crippen LogP contribution in [0, 0.1) is 6.92 Å². The lowest BCUT2D eigenvalue weighted by atomic mass is 10.1. The molecule has 4 rings (SSSR count). The summed E-state index contributed by atoms with van der Waals surface area (Å²) in [6.07, 6.45) is 8.05. The van der Waals surface area contributed by atoms with Crippen molar-refractivity contribution in [3.63, 3.8) is 0 Å². The highest BCUT2D eigenvalue weighted by Crippen LogP contribution is 2.23. The number of pyridine rings is 1. The number of nitrogens with zero attached hydrogens (tertiary/aromatic N) is 4. The molecule has 1 amide bonds. The molecule has 138 valence electrons. The van der Waals surface area contributed by atoms with Gasteiger partial charge in [-0.25, -0.2) is 4.98 Å². The molecule has 27 heavy (non-hydrogen) atoms. The molecule has 0 saturated heterocycles. The molecule has 2 heterocycles. The van der Waals surface area contributed by atoms with Gasteiger partial charge in [-0.15, -0.1) is 0 Å². The van der Waals surface area contributed by atoms with E-state index in [1.54, 1.807) is 18.5 Å². The molecule has 0 radical (unpaired) electrons. The summed E-state index contributed by atoms with van der Waals surface area (Å²) in [4.78, 5) is 18.8. The number of benzene rings is 1. The number of hydrogen-bond acceptors (Lipinski definition) is 5. The molecule has 1 aliphatic rings. The number of aromatic nitrogens is 4. The Morgan fingerprint density at radius 3 is 2.63 bits per heavy atom. The molecule has 1 saturated carbocycles. The van der Waals surface area contributed by atoms with Crippen molar-refractivity contribution in [2.24, 2.45) is 0 Å². The normalized spacial score (nSPS) is 19.0. The van der Waals surface area contributed by atoms with Crippen LogP contribution >= 0.6 is 0 Å². The Morgan fingerprint density at radius 2 is 1.85 bits per heavy atom. The topological polar surface area (TPSA) is 84.7 Å². The third kappa shape index (κ3) is 3.81. The number of carbonyl (C=O) groups is 1. The molecule has 2 aromatic heterocycles. The average molecular weight is 362 g/mol. The van der Waals surface area contributed by atoms with Gasteiger partial charge in [-0.1, -0.05) is 18.2 Å². The highest BCUT2D eigenvalue weighted by molar-refractivity contribution is 5.97. The molecule has 3 aromatic rings. The van der Waals surface area contributed by atoms with Crippen LogP contribution in [0.2, 0.25) is 0 Å². The van der Waals surface area contributed by atoms with E-state index in [4.69, 9.17) is 0 Å². The first-order valence-electron chi connectivity index (χ1n) is 9.16. The predicted octanol–water partition coefficient (Wildman–Crippen LogP) is 2.73. The Kier molecular flexibility index (Phi) is 4.82. The lowest BCUT2D eigenvalue weighted by Gasteiger charge is -2.23. The van der Waals surface area contributed by atoms with Crippen LogP contribution in [0.5, 0.6) is 0 Å². The van der Waals surface area contributed by atoms with Gasteiger partial charge in [-0.05, 0) is 49.9 Å². The predicted molar refractivity (Wildman–Crippen MR) is 103 cm³/mol. The highest BCUT2D eigenvalue weighted by atomic mass is 16.1. The molecule has 2 atom stereocenters. The van der Waals surface area contributed by atoms with Crippen molar-refractivity contribution in [1.29, 1.82) is 0 Å². The molecule has 0 aliphatic heterocycles. The van der Waals surface area contributed by atoms with Crippen molar-refractivity contribution in [2.75, 3.05) is 5.32 Å². The number of aryl methyl sites for hydroxylation is 1. The Hall–Kier alpha value is -3.22. The van der Waals surface area contributed by atoms with E-state index in [2.05, 4.69) is 25.8 Å². The molecule has 1 aliphatic carbocycles. The molecular formula is C20H22N6O. The standard InChI is InChI=1S/C20H22N6O/c1-14-9-10-19(21-13-14)24-16-6-4-7-17(16)25-20(27)15-5-2-3-8-18(15)26-22-11-12-23-26/h2-3,5,8-13,16-17H,4,6-7H2,1H3,(H,21,24)(H,25,27)/t16-,17-/m0/s1. The van der Waals surface area contributed by atoms with E-state index < -0.39 is 0 Å². The number of nitrogens with one attached hydrogen (secondary N) is 2. The fourth-order valence-corrected chi connectivity index (χ4v) is 3.48. The second-order valence-electron chi connectivity index (χ2n) is 6.82. The number of hydrogen-bond donors (Lipinski definition) is 2. The van der Waals surface area contributed by atoms with Gasteiger partial charge < -0.3 is 10.6 Å². The van der Waals surface area contributed by atoms with E-state index in [1.807, 2.05) is 43.5 Å². The number of anilines is 1. The largest absolute Gasteiger partial charge is 0.365 e. The molecule has 7 nitrogen and oxygen atoms in total. The van der Waals surface area contributed by atoms with E-state index in [9.17, 15) is 4.79 Å². The number of carbonyl (C=O) groups excluding carboxylic acids is 1. The number of rotatable bonds is 5. The summed E-state index contributed by atoms with van der Waals surface area (Å²) in [7, 11) is 0. The van der Waals surface area contributed by atoms with E-state index in [0.29, 0.717) is 11.3 Å². The first kappa shape index (κ1) is 17.2. The number of para-hydroxylation sites is 1. The van der Waals surface area contributed by atoms with Gasteiger partial charge in [0.2, 0.25) is 0 Å². The van der Waals surface area contributed by atoms with Gasteiger partial charge in [0, 0.05) is 18.3 Å². The van der Waals surface area contributed by atoms with Gasteiger partial charge in [0.05, 0.1) is 23.6 Å². The second kappa shape index (κ2) is 7.57. The van der Waals surface area contributed by atoms with Gasteiger partial charge in [0.15, 0.2) is 0 Å². The Labute approximate surface area is 157 Å². The van der Waals surface area contributed by atoms with Gasteiger partial charge >= 0.3 is 0 Å². The van der Waals surface area contributed by atoms with E-state index in [-0.39, 0.29) is 18.0 Å². The van der Waals surface area contributed by atoms with Crippen LogP contribution < -0.4 is 10.6 Å². The summed E-state index contributed by atoms with van der Waals surface area (Å²) in [6.45, 7) is 2.02. The van der Waals surface area contributed by atoms with Crippen LogP contribution in [-0.4, -0.2) is 38.0 Å². The van der Waals surface area contributed by atoms with Crippen molar-refractivity contribution in [3.05, 3.63) is 66.1 Å². The zero-order valence-electron chi connectivity index (χ0n) is 15.2. The average Bonchev–Trinajstić information content (AvgIpc) is 3.36. The maximum absolute atomic E-state index is 12.9. The molecule has 0 bridgehead atoms. The summed E-state index contributed by atoms with van der Waals surface area (Å²) in [5, 5.41) is 14.9. The minimum Gasteiger partial charge on any atom is -0.365 e. The Balaban J connectivity index is 1.48. The minimum atomic E-state index is -0.113. The summed E-state index contributed by atoms with van der Waals surface area (Å²) in [5.41, 5.74) is 2.36.